The van der Waals surface area contributed by atoms with E-state index in [4.69, 9.17) is 4.42 Å². The van der Waals surface area contributed by atoms with Crippen molar-refractivity contribution in [1.29, 1.82) is 0 Å². The molecule has 0 aliphatic carbocycles. The normalized spacial score (nSPS) is 12.5. The largest absolute Gasteiger partial charge is 0.459 e. The van der Waals surface area contributed by atoms with Gasteiger partial charge in [-0.15, -0.1) is 0 Å². The Kier molecular flexibility index (Phi) is 5.06. The van der Waals surface area contributed by atoms with Gasteiger partial charge in [0.2, 0.25) is 5.91 Å². The van der Waals surface area contributed by atoms with E-state index in [1.165, 1.54) is 11.6 Å². The fourth-order valence-electron chi connectivity index (χ4n) is 3.04. The Hall–Kier alpha value is -3.60. The van der Waals surface area contributed by atoms with Crippen molar-refractivity contribution in [2.45, 2.75) is 19.5 Å². The van der Waals surface area contributed by atoms with Crippen molar-refractivity contribution in [3.8, 4) is 0 Å². The third kappa shape index (κ3) is 4.20. The zero-order valence-electron chi connectivity index (χ0n) is 15.6. The topological polar surface area (TPSA) is 60.1 Å². The lowest BCUT2D eigenvalue weighted by atomic mass is 10.2. The maximum Gasteiger partial charge on any atom is 0.244 e. The molecule has 5 heteroatoms. The number of furan rings is 1. The van der Waals surface area contributed by atoms with Gasteiger partial charge in [0.1, 0.15) is 11.3 Å². The molecule has 2 aromatic carbocycles. The number of carbonyl (C=O) groups is 1. The van der Waals surface area contributed by atoms with E-state index in [1.807, 2.05) is 66.3 Å². The molecule has 1 atom stereocenters. The maximum absolute atomic E-state index is 12.2. The highest BCUT2D eigenvalue weighted by Crippen LogP contribution is 2.23. The van der Waals surface area contributed by atoms with E-state index in [0.29, 0.717) is 6.54 Å². The summed E-state index contributed by atoms with van der Waals surface area (Å²) in [5.74, 6) is 0.558. The molecule has 1 N–H and O–H groups in total. The summed E-state index contributed by atoms with van der Waals surface area (Å²) in [7, 11) is 0. The molecule has 0 aliphatic rings. The molecule has 0 aliphatic heterocycles. The smallest absolute Gasteiger partial charge is 0.244 e. The number of hydrogen-bond donors (Lipinski definition) is 1. The number of rotatable bonds is 6. The summed E-state index contributed by atoms with van der Waals surface area (Å²) < 4.78 is 7.65. The van der Waals surface area contributed by atoms with Crippen molar-refractivity contribution in [2.24, 2.45) is 0 Å². The minimum absolute atomic E-state index is 0.177. The van der Waals surface area contributed by atoms with Gasteiger partial charge < -0.3 is 9.73 Å². The Balaban J connectivity index is 1.36. The summed E-state index contributed by atoms with van der Waals surface area (Å²) >= 11 is 0. The maximum atomic E-state index is 12.2. The van der Waals surface area contributed by atoms with Crippen LogP contribution in [0.3, 0.4) is 0 Å². The molecule has 1 amide bonds. The second kappa shape index (κ2) is 7.96. The van der Waals surface area contributed by atoms with E-state index in [9.17, 15) is 4.79 Å². The Labute approximate surface area is 163 Å². The lowest BCUT2D eigenvalue weighted by Crippen LogP contribution is -2.24. The molecule has 2 heterocycles. The minimum atomic E-state index is -0.217. The lowest BCUT2D eigenvalue weighted by Gasteiger charge is -2.08. The van der Waals surface area contributed by atoms with Crippen LogP contribution in [0.25, 0.3) is 17.0 Å². The van der Waals surface area contributed by atoms with Crippen LogP contribution in [-0.4, -0.2) is 15.7 Å². The number of benzene rings is 2. The first-order valence-corrected chi connectivity index (χ1v) is 9.21. The van der Waals surface area contributed by atoms with Crippen LogP contribution in [-0.2, 0) is 11.3 Å². The van der Waals surface area contributed by atoms with Gasteiger partial charge in [0.05, 0.1) is 18.8 Å². The van der Waals surface area contributed by atoms with Crippen LogP contribution in [0.5, 0.6) is 0 Å². The molecule has 28 heavy (non-hydrogen) atoms. The molecule has 0 saturated heterocycles. The van der Waals surface area contributed by atoms with Gasteiger partial charge >= 0.3 is 0 Å². The summed E-state index contributed by atoms with van der Waals surface area (Å²) in [6.45, 7) is 2.60. The summed E-state index contributed by atoms with van der Waals surface area (Å²) in [5.41, 5.74) is 2.88. The van der Waals surface area contributed by atoms with E-state index in [2.05, 4.69) is 22.5 Å². The van der Waals surface area contributed by atoms with Crippen molar-refractivity contribution < 1.29 is 9.21 Å². The summed E-state index contributed by atoms with van der Waals surface area (Å²) in [6.07, 6.45) is 6.94. The molecule has 140 valence electrons. The third-order valence-corrected chi connectivity index (χ3v) is 4.50. The number of amides is 1. The van der Waals surface area contributed by atoms with Gasteiger partial charge in [-0.2, -0.15) is 5.10 Å². The van der Waals surface area contributed by atoms with Crippen LogP contribution >= 0.6 is 0 Å². The molecule has 0 unspecified atom stereocenters. The van der Waals surface area contributed by atoms with Crippen molar-refractivity contribution in [3.05, 3.63) is 96.0 Å². The monoisotopic (exact) mass is 371 g/mol. The highest BCUT2D eigenvalue weighted by Gasteiger charge is 2.12. The standard InChI is InChI=1S/C23H21N3O2/c1-17(22-13-20-9-5-6-10-21(20)28-22)25-23(27)12-11-19-14-24-26(16-19)15-18-7-3-2-4-8-18/h2-14,16-17H,15H2,1H3,(H,25,27)/b12-11+/t17-/m0/s1. The second-order valence-corrected chi connectivity index (χ2v) is 6.71. The van der Waals surface area contributed by atoms with Gasteiger partial charge in [-0.25, -0.2) is 0 Å². The number of nitrogens with one attached hydrogen (secondary N) is 1. The number of fused-ring (bicyclic) bond motifs is 1. The summed E-state index contributed by atoms with van der Waals surface area (Å²) in [6, 6.07) is 19.7. The van der Waals surface area contributed by atoms with Gasteiger partial charge in [0, 0.05) is 23.2 Å². The van der Waals surface area contributed by atoms with Gasteiger partial charge in [0.25, 0.3) is 0 Å². The predicted octanol–water partition coefficient (Wildman–Crippen LogP) is 4.57. The predicted molar refractivity (Wildman–Crippen MR) is 110 cm³/mol. The number of nitrogens with zero attached hydrogens (tertiary/aromatic N) is 2. The third-order valence-electron chi connectivity index (χ3n) is 4.50. The zero-order chi connectivity index (χ0) is 19.3. The Morgan fingerprint density at radius 2 is 1.96 bits per heavy atom. The van der Waals surface area contributed by atoms with E-state index in [1.54, 1.807) is 12.3 Å². The highest BCUT2D eigenvalue weighted by atomic mass is 16.3. The van der Waals surface area contributed by atoms with Crippen LogP contribution in [0.1, 0.15) is 29.9 Å². The lowest BCUT2D eigenvalue weighted by molar-refractivity contribution is -0.117. The average molecular weight is 371 g/mol. The first-order valence-electron chi connectivity index (χ1n) is 9.21. The molecule has 4 rings (SSSR count). The van der Waals surface area contributed by atoms with Crippen LogP contribution in [0.2, 0.25) is 0 Å². The molecule has 4 aromatic rings. The molecular weight excluding hydrogens is 350 g/mol. The second-order valence-electron chi connectivity index (χ2n) is 6.71. The number of para-hydroxylation sites is 1. The Morgan fingerprint density at radius 1 is 1.18 bits per heavy atom. The quantitative estimate of drug-likeness (QED) is 0.505. The minimum Gasteiger partial charge on any atom is -0.459 e. The van der Waals surface area contributed by atoms with Crippen molar-refractivity contribution >= 4 is 23.0 Å². The number of aromatic nitrogens is 2. The van der Waals surface area contributed by atoms with Crippen molar-refractivity contribution in [3.63, 3.8) is 0 Å². The van der Waals surface area contributed by atoms with E-state index in [0.717, 1.165) is 22.3 Å². The fraction of sp³-hybridized carbons (Fsp3) is 0.130. The molecule has 2 aromatic heterocycles. The first kappa shape index (κ1) is 17.8. The van der Waals surface area contributed by atoms with E-state index < -0.39 is 0 Å². The molecular formula is C23H21N3O2. The molecule has 5 nitrogen and oxygen atoms in total. The Morgan fingerprint density at radius 3 is 2.79 bits per heavy atom. The first-order chi connectivity index (χ1) is 13.7. The summed E-state index contributed by atoms with van der Waals surface area (Å²) in [5, 5.41) is 8.30. The van der Waals surface area contributed by atoms with Gasteiger partial charge in [-0.1, -0.05) is 48.5 Å². The van der Waals surface area contributed by atoms with Crippen molar-refractivity contribution in [1.82, 2.24) is 15.1 Å². The van der Waals surface area contributed by atoms with Crippen LogP contribution in [0.4, 0.5) is 0 Å². The fourth-order valence-corrected chi connectivity index (χ4v) is 3.04. The zero-order valence-corrected chi connectivity index (χ0v) is 15.6. The molecule has 0 bridgehead atoms. The van der Waals surface area contributed by atoms with Crippen LogP contribution < -0.4 is 5.32 Å². The van der Waals surface area contributed by atoms with Crippen molar-refractivity contribution in [2.75, 3.05) is 0 Å². The van der Waals surface area contributed by atoms with Crippen LogP contribution in [0.15, 0.2) is 83.6 Å². The molecule has 0 saturated carbocycles. The van der Waals surface area contributed by atoms with E-state index in [-0.39, 0.29) is 11.9 Å². The number of carbonyl (C=O) groups excluding carboxylic acids is 1. The average Bonchev–Trinajstić information content (AvgIpc) is 3.34. The van der Waals surface area contributed by atoms with Gasteiger partial charge in [-0.05, 0) is 30.7 Å². The molecule has 0 radical (unpaired) electrons. The van der Waals surface area contributed by atoms with Gasteiger partial charge in [0.15, 0.2) is 0 Å². The molecule has 0 fully saturated rings. The van der Waals surface area contributed by atoms with Crippen LogP contribution in [0, 0.1) is 0 Å². The van der Waals surface area contributed by atoms with E-state index >= 15 is 0 Å². The van der Waals surface area contributed by atoms with Gasteiger partial charge in [-0.3, -0.25) is 9.48 Å². The SMILES string of the molecule is C[C@H](NC(=O)/C=C/c1cnn(Cc2ccccc2)c1)c1cc2ccccc2o1. The summed E-state index contributed by atoms with van der Waals surface area (Å²) in [4.78, 5) is 12.2. The Bertz CT molecular complexity index is 1080. The number of hydrogen-bond acceptors (Lipinski definition) is 3. The molecule has 0 spiro atoms. The highest BCUT2D eigenvalue weighted by molar-refractivity contribution is 5.92.